The normalized spacial score (nSPS) is 16.3. The summed E-state index contributed by atoms with van der Waals surface area (Å²) in [7, 11) is 1.80. The molecule has 4 nitrogen and oxygen atoms in total. The fourth-order valence-electron chi connectivity index (χ4n) is 3.82. The summed E-state index contributed by atoms with van der Waals surface area (Å²) in [6.45, 7) is 0.469. The van der Waals surface area contributed by atoms with E-state index in [9.17, 15) is 9.18 Å². The van der Waals surface area contributed by atoms with Crippen molar-refractivity contribution in [2.75, 3.05) is 7.05 Å². The van der Waals surface area contributed by atoms with Crippen molar-refractivity contribution in [1.82, 2.24) is 15.4 Å². The van der Waals surface area contributed by atoms with Crippen LogP contribution in [0.2, 0.25) is 0 Å². The highest BCUT2D eigenvalue weighted by atomic mass is 19.1. The van der Waals surface area contributed by atoms with E-state index in [4.69, 9.17) is 0 Å². The molecule has 0 radical (unpaired) electrons. The van der Waals surface area contributed by atoms with Crippen LogP contribution >= 0.6 is 0 Å². The van der Waals surface area contributed by atoms with Gasteiger partial charge in [-0.2, -0.15) is 0 Å². The number of amides is 1. The highest BCUT2D eigenvalue weighted by Crippen LogP contribution is 2.25. The molecule has 5 heteroatoms. The van der Waals surface area contributed by atoms with Gasteiger partial charge in [-0.3, -0.25) is 10.2 Å². The average Bonchev–Trinajstić information content (AvgIpc) is 2.91. The minimum absolute atomic E-state index is 0.0608. The minimum Gasteiger partial charge on any atom is -0.358 e. The second kappa shape index (κ2) is 6.92. The first-order valence-electron chi connectivity index (χ1n) is 8.96. The van der Waals surface area contributed by atoms with Gasteiger partial charge >= 0.3 is 0 Å². The molecular weight excluding hydrogens is 329 g/mol. The zero-order valence-electron chi connectivity index (χ0n) is 14.8. The lowest BCUT2D eigenvalue weighted by Crippen LogP contribution is -2.39. The average molecular weight is 351 g/mol. The molecular formula is C21H22FN3O. The quantitative estimate of drug-likeness (QED) is 0.651. The standard InChI is InChI=1S/C21H22FN3O/c1-25-13-15-9-14(10-16(22)11-15)5-4-8-20-18(12-21(26)24-25)17-6-2-3-7-19(17)23-20/h2-3,6-7,9-11,23H,4-5,8,12-13H2,1H3,(H,24,26). The summed E-state index contributed by atoms with van der Waals surface area (Å²) in [6, 6.07) is 13.2. The molecule has 2 N–H and O–H groups in total. The Labute approximate surface area is 152 Å². The molecule has 26 heavy (non-hydrogen) atoms. The number of para-hydroxylation sites is 1. The molecule has 1 aliphatic heterocycles. The molecule has 2 bridgehead atoms. The Morgan fingerprint density at radius 1 is 1.08 bits per heavy atom. The zero-order chi connectivity index (χ0) is 18.1. The number of carbonyl (C=O) groups is 1. The van der Waals surface area contributed by atoms with Crippen LogP contribution in [0.1, 0.15) is 28.8 Å². The van der Waals surface area contributed by atoms with E-state index in [0.29, 0.717) is 13.0 Å². The molecule has 3 aromatic rings. The van der Waals surface area contributed by atoms with Gasteiger partial charge in [0.1, 0.15) is 5.82 Å². The Hall–Kier alpha value is -2.66. The topological polar surface area (TPSA) is 48.1 Å². The minimum atomic E-state index is -0.224. The van der Waals surface area contributed by atoms with Gasteiger partial charge in [0.25, 0.3) is 0 Å². The van der Waals surface area contributed by atoms with Crippen LogP contribution in [0, 0.1) is 5.82 Å². The third-order valence-electron chi connectivity index (χ3n) is 4.88. The molecule has 0 aliphatic carbocycles. The number of nitrogens with zero attached hydrogens (tertiary/aromatic N) is 1. The van der Waals surface area contributed by atoms with Crippen LogP contribution in [0.3, 0.4) is 0 Å². The number of aromatic nitrogens is 1. The number of aryl methyl sites for hydroxylation is 2. The maximum absolute atomic E-state index is 13.9. The Morgan fingerprint density at radius 3 is 2.77 bits per heavy atom. The van der Waals surface area contributed by atoms with E-state index in [1.165, 1.54) is 6.07 Å². The number of hydrogen-bond donors (Lipinski definition) is 2. The van der Waals surface area contributed by atoms with Crippen LogP contribution in [-0.2, 0) is 30.6 Å². The third-order valence-corrected chi connectivity index (χ3v) is 4.88. The number of nitrogens with one attached hydrogen (secondary N) is 2. The Kier molecular flexibility index (Phi) is 4.47. The van der Waals surface area contributed by atoms with Crippen LogP contribution in [0.25, 0.3) is 10.9 Å². The van der Waals surface area contributed by atoms with E-state index < -0.39 is 0 Å². The van der Waals surface area contributed by atoms with Crippen LogP contribution < -0.4 is 5.43 Å². The van der Waals surface area contributed by atoms with Crippen molar-refractivity contribution >= 4 is 16.8 Å². The Bertz CT molecular complexity index is 963. The van der Waals surface area contributed by atoms with Crippen LogP contribution in [0.4, 0.5) is 4.39 Å². The molecule has 2 aromatic carbocycles. The van der Waals surface area contributed by atoms with E-state index in [0.717, 1.165) is 52.5 Å². The number of rotatable bonds is 0. The molecule has 0 atom stereocenters. The third kappa shape index (κ3) is 3.48. The number of H-pyrrole nitrogens is 1. The predicted molar refractivity (Wildman–Crippen MR) is 100 cm³/mol. The summed E-state index contributed by atoms with van der Waals surface area (Å²) >= 11 is 0. The maximum Gasteiger partial charge on any atom is 0.238 e. The summed E-state index contributed by atoms with van der Waals surface area (Å²) in [4.78, 5) is 16.0. The number of benzene rings is 2. The summed E-state index contributed by atoms with van der Waals surface area (Å²) in [5, 5.41) is 2.81. The molecule has 2 heterocycles. The van der Waals surface area contributed by atoms with Crippen molar-refractivity contribution in [3.8, 4) is 0 Å². The molecule has 0 fully saturated rings. The molecule has 1 aromatic heterocycles. The van der Waals surface area contributed by atoms with E-state index in [1.807, 2.05) is 24.3 Å². The molecule has 1 aliphatic rings. The summed E-state index contributed by atoms with van der Waals surface area (Å²) < 4.78 is 13.9. The molecule has 4 rings (SSSR count). The molecule has 134 valence electrons. The van der Waals surface area contributed by atoms with Crippen molar-refractivity contribution in [3.05, 3.63) is 70.7 Å². The smallest absolute Gasteiger partial charge is 0.238 e. The van der Waals surface area contributed by atoms with Crippen LogP contribution in [0.5, 0.6) is 0 Å². The van der Waals surface area contributed by atoms with Gasteiger partial charge in [0.05, 0.1) is 6.42 Å². The molecule has 1 amide bonds. The van der Waals surface area contributed by atoms with Crippen LogP contribution in [0.15, 0.2) is 42.5 Å². The number of hydrogen-bond acceptors (Lipinski definition) is 2. The first-order valence-corrected chi connectivity index (χ1v) is 8.96. The first kappa shape index (κ1) is 16.8. The highest BCUT2D eigenvalue weighted by Gasteiger charge is 2.16. The number of carbonyl (C=O) groups excluding carboxylic acids is 1. The monoisotopic (exact) mass is 351 g/mol. The summed E-state index contributed by atoms with van der Waals surface area (Å²) in [6.07, 6.45) is 2.87. The largest absolute Gasteiger partial charge is 0.358 e. The van der Waals surface area contributed by atoms with E-state index in [2.05, 4.69) is 16.5 Å². The van der Waals surface area contributed by atoms with Crippen LogP contribution in [-0.4, -0.2) is 22.9 Å². The fraction of sp³-hybridized carbons (Fsp3) is 0.286. The van der Waals surface area contributed by atoms with Gasteiger partial charge in [0.2, 0.25) is 5.91 Å². The number of hydrazine groups is 1. The fourth-order valence-corrected chi connectivity index (χ4v) is 3.82. The van der Waals surface area contributed by atoms with Gasteiger partial charge in [-0.25, -0.2) is 9.40 Å². The second-order valence-corrected chi connectivity index (χ2v) is 7.02. The lowest BCUT2D eigenvalue weighted by Gasteiger charge is -2.18. The maximum atomic E-state index is 13.9. The number of fused-ring (bicyclic) bond motifs is 5. The lowest BCUT2D eigenvalue weighted by atomic mass is 10.0. The van der Waals surface area contributed by atoms with Gasteiger partial charge in [-0.05, 0) is 54.2 Å². The Balaban J connectivity index is 1.71. The van der Waals surface area contributed by atoms with Gasteiger partial charge in [-0.1, -0.05) is 24.3 Å². The molecule has 0 saturated heterocycles. The van der Waals surface area contributed by atoms with Gasteiger partial charge in [-0.15, -0.1) is 0 Å². The highest BCUT2D eigenvalue weighted by molar-refractivity contribution is 5.90. The zero-order valence-corrected chi connectivity index (χ0v) is 14.8. The molecule has 0 spiro atoms. The summed E-state index contributed by atoms with van der Waals surface area (Å²) in [5.41, 5.74) is 7.97. The van der Waals surface area contributed by atoms with Gasteiger partial charge in [0.15, 0.2) is 0 Å². The predicted octanol–water partition coefficient (Wildman–Crippen LogP) is 3.50. The van der Waals surface area contributed by atoms with Crippen molar-refractivity contribution in [2.24, 2.45) is 0 Å². The summed E-state index contributed by atoms with van der Waals surface area (Å²) in [5.74, 6) is -0.284. The van der Waals surface area contributed by atoms with Gasteiger partial charge < -0.3 is 4.98 Å². The second-order valence-electron chi connectivity index (χ2n) is 7.02. The van der Waals surface area contributed by atoms with E-state index in [1.54, 1.807) is 18.1 Å². The van der Waals surface area contributed by atoms with Crippen molar-refractivity contribution in [2.45, 2.75) is 32.2 Å². The van der Waals surface area contributed by atoms with Crippen molar-refractivity contribution in [1.29, 1.82) is 0 Å². The first-order chi connectivity index (χ1) is 12.6. The SMILES string of the molecule is CN1Cc2cc(F)cc(c2)CCCc2[nH]c3ccccc3c2CC(=O)N1. The number of aromatic amines is 1. The van der Waals surface area contributed by atoms with Crippen molar-refractivity contribution in [3.63, 3.8) is 0 Å². The van der Waals surface area contributed by atoms with E-state index in [-0.39, 0.29) is 11.7 Å². The van der Waals surface area contributed by atoms with Crippen molar-refractivity contribution < 1.29 is 9.18 Å². The Morgan fingerprint density at radius 2 is 1.88 bits per heavy atom. The lowest BCUT2D eigenvalue weighted by molar-refractivity contribution is -0.124. The molecule has 0 saturated carbocycles. The van der Waals surface area contributed by atoms with E-state index >= 15 is 0 Å². The van der Waals surface area contributed by atoms with Gasteiger partial charge in [0, 0.05) is 30.2 Å². The molecule has 0 unspecified atom stereocenters. The number of halogens is 1.